The van der Waals surface area contributed by atoms with Gasteiger partial charge in [0, 0.05) is 37.0 Å². The summed E-state index contributed by atoms with van der Waals surface area (Å²) in [6.45, 7) is 3.70. The van der Waals surface area contributed by atoms with Crippen molar-refractivity contribution in [3.05, 3.63) is 101 Å². The molecule has 0 saturated carbocycles. The van der Waals surface area contributed by atoms with Gasteiger partial charge in [-0.3, -0.25) is 14.4 Å². The third-order valence-corrected chi connectivity index (χ3v) is 6.42. The third kappa shape index (κ3) is 5.80. The van der Waals surface area contributed by atoms with Gasteiger partial charge in [-0.25, -0.2) is 8.78 Å². The van der Waals surface area contributed by atoms with Crippen LogP contribution in [0.1, 0.15) is 46.4 Å². The smallest absolute Gasteiger partial charge is 0.272 e. The summed E-state index contributed by atoms with van der Waals surface area (Å²) in [6.07, 6.45) is 0.912. The van der Waals surface area contributed by atoms with Crippen molar-refractivity contribution >= 4 is 23.8 Å². The summed E-state index contributed by atoms with van der Waals surface area (Å²) >= 11 is 0. The van der Waals surface area contributed by atoms with Gasteiger partial charge in [-0.05, 0) is 66.9 Å². The van der Waals surface area contributed by atoms with Crippen LogP contribution < -0.4 is 5.32 Å². The largest absolute Gasteiger partial charge is 0.349 e. The first-order chi connectivity index (χ1) is 18.6. The highest BCUT2D eigenvalue weighted by Crippen LogP contribution is 2.41. The number of aldehydes is 1. The van der Waals surface area contributed by atoms with E-state index < -0.39 is 17.5 Å². The molecule has 39 heavy (non-hydrogen) atoms. The molecule has 4 aromatic rings. The molecule has 0 aliphatic rings. The van der Waals surface area contributed by atoms with Crippen molar-refractivity contribution in [1.29, 1.82) is 0 Å². The fraction of sp³-hybridized carbons (Fsp3) is 0.194. The molecule has 8 heteroatoms. The third-order valence-electron chi connectivity index (χ3n) is 6.42. The quantitative estimate of drug-likeness (QED) is 0.269. The average Bonchev–Trinajstić information content (AvgIpc) is 3.26. The van der Waals surface area contributed by atoms with Crippen LogP contribution >= 0.6 is 0 Å². The zero-order valence-electron chi connectivity index (χ0n) is 22.2. The highest BCUT2D eigenvalue weighted by molar-refractivity contribution is 6.13. The van der Waals surface area contributed by atoms with Crippen LogP contribution in [0.4, 0.5) is 14.5 Å². The molecule has 1 heterocycles. The molecule has 0 aliphatic carbocycles. The lowest BCUT2D eigenvalue weighted by atomic mass is 9.94. The topological polar surface area (TPSA) is 71.4 Å². The van der Waals surface area contributed by atoms with Crippen LogP contribution in [0.5, 0.6) is 0 Å². The second kappa shape index (κ2) is 11.4. The van der Waals surface area contributed by atoms with Crippen molar-refractivity contribution in [3.8, 4) is 22.3 Å². The van der Waals surface area contributed by atoms with Crippen LogP contribution in [-0.4, -0.2) is 41.7 Å². The number of aromatic nitrogens is 1. The van der Waals surface area contributed by atoms with Gasteiger partial charge < -0.3 is 14.8 Å². The van der Waals surface area contributed by atoms with E-state index in [-0.39, 0.29) is 29.8 Å². The van der Waals surface area contributed by atoms with Crippen LogP contribution in [0, 0.1) is 11.6 Å². The van der Waals surface area contributed by atoms with Gasteiger partial charge in [0.25, 0.3) is 5.91 Å². The van der Waals surface area contributed by atoms with Gasteiger partial charge in [0.15, 0.2) is 6.29 Å². The Labute approximate surface area is 225 Å². The van der Waals surface area contributed by atoms with E-state index in [0.29, 0.717) is 34.2 Å². The number of benzene rings is 3. The number of halogens is 2. The fourth-order valence-electron chi connectivity index (χ4n) is 4.52. The average molecular weight is 530 g/mol. The molecule has 0 aliphatic heterocycles. The minimum Gasteiger partial charge on any atom is -0.349 e. The van der Waals surface area contributed by atoms with Crippen molar-refractivity contribution in [2.75, 3.05) is 19.4 Å². The van der Waals surface area contributed by atoms with E-state index in [2.05, 4.69) is 5.32 Å². The number of carbonyl (C=O) groups excluding carboxylic acids is 3. The molecule has 200 valence electrons. The van der Waals surface area contributed by atoms with Crippen molar-refractivity contribution in [3.63, 3.8) is 0 Å². The lowest BCUT2D eigenvalue weighted by Crippen LogP contribution is -2.23. The molecule has 0 fully saturated rings. The second-order valence-corrected chi connectivity index (χ2v) is 9.70. The second-order valence-electron chi connectivity index (χ2n) is 9.70. The van der Waals surface area contributed by atoms with E-state index in [1.807, 2.05) is 13.8 Å². The number of nitrogens with one attached hydrogen (secondary N) is 1. The fourth-order valence-corrected chi connectivity index (χ4v) is 4.52. The molecule has 0 unspecified atom stereocenters. The Balaban J connectivity index is 1.86. The molecule has 1 aromatic heterocycles. The first kappa shape index (κ1) is 27.4. The molecular formula is C31H29F2N3O3. The maximum atomic E-state index is 13.9. The summed E-state index contributed by atoms with van der Waals surface area (Å²) in [7, 11) is 3.38. The lowest BCUT2D eigenvalue weighted by Gasteiger charge is -2.16. The Bertz CT molecular complexity index is 1500. The predicted molar refractivity (Wildman–Crippen MR) is 148 cm³/mol. The number of hydrogen-bond acceptors (Lipinski definition) is 3. The Morgan fingerprint density at radius 1 is 0.846 bits per heavy atom. The molecular weight excluding hydrogens is 500 g/mol. The van der Waals surface area contributed by atoms with Crippen molar-refractivity contribution in [2.24, 2.45) is 0 Å². The zero-order valence-corrected chi connectivity index (χ0v) is 22.2. The minimum atomic E-state index is -0.475. The highest BCUT2D eigenvalue weighted by Gasteiger charge is 2.30. The highest BCUT2D eigenvalue weighted by atomic mass is 19.1. The summed E-state index contributed by atoms with van der Waals surface area (Å²) < 4.78 is 29.3. The number of likely N-dealkylation sites (N-methyl/N-ethyl adjacent to an activating group) is 1. The molecule has 2 amide bonds. The summed E-state index contributed by atoms with van der Waals surface area (Å²) in [6, 6.07) is 18.0. The van der Waals surface area contributed by atoms with Gasteiger partial charge in [-0.1, -0.05) is 36.4 Å². The molecule has 0 spiro atoms. The number of nitrogens with zero attached hydrogens (tertiary/aromatic N) is 2. The van der Waals surface area contributed by atoms with E-state index in [1.165, 1.54) is 29.2 Å². The minimum absolute atomic E-state index is 0.0415. The van der Waals surface area contributed by atoms with Gasteiger partial charge in [0.1, 0.15) is 17.3 Å². The Hall–Kier alpha value is -4.59. The molecule has 6 nitrogen and oxygen atoms in total. The Kier molecular flexibility index (Phi) is 8.04. The molecule has 0 bridgehead atoms. The van der Waals surface area contributed by atoms with E-state index in [0.717, 1.165) is 5.56 Å². The number of carbonyl (C=O) groups is 3. The molecule has 4 rings (SSSR count). The van der Waals surface area contributed by atoms with Crippen LogP contribution in [0.25, 0.3) is 22.3 Å². The maximum Gasteiger partial charge on any atom is 0.272 e. The first-order valence-electron chi connectivity index (χ1n) is 12.5. The predicted octanol–water partition coefficient (Wildman–Crippen LogP) is 6.38. The number of amides is 2. The van der Waals surface area contributed by atoms with Crippen LogP contribution in [-0.2, 0) is 11.2 Å². The number of anilines is 1. The van der Waals surface area contributed by atoms with Crippen molar-refractivity contribution in [2.45, 2.75) is 26.3 Å². The van der Waals surface area contributed by atoms with E-state index in [4.69, 9.17) is 0 Å². The monoisotopic (exact) mass is 529 g/mol. The van der Waals surface area contributed by atoms with Gasteiger partial charge in [-0.2, -0.15) is 0 Å². The van der Waals surface area contributed by atoms with Crippen LogP contribution in [0.2, 0.25) is 0 Å². The van der Waals surface area contributed by atoms with Crippen LogP contribution in [0.3, 0.4) is 0 Å². The van der Waals surface area contributed by atoms with Gasteiger partial charge in [-0.15, -0.1) is 0 Å². The van der Waals surface area contributed by atoms with Gasteiger partial charge in [0.2, 0.25) is 5.91 Å². The van der Waals surface area contributed by atoms with Crippen LogP contribution in [0.15, 0.2) is 72.8 Å². The number of hydrogen-bond donors (Lipinski definition) is 1. The van der Waals surface area contributed by atoms with E-state index in [1.54, 1.807) is 67.2 Å². The molecule has 3 aromatic carbocycles. The molecule has 0 atom stereocenters. The Morgan fingerprint density at radius 2 is 1.36 bits per heavy atom. The van der Waals surface area contributed by atoms with Crippen molar-refractivity contribution < 1.29 is 23.2 Å². The SMILES string of the molecule is CC(C)n1c(C=O)c(-c2ccc(F)cc2)c(-c2ccc(F)cc2)c1C(=O)Nc1ccc(CC(=O)N(C)C)cc1. The van der Waals surface area contributed by atoms with Gasteiger partial charge in [0.05, 0.1) is 12.1 Å². The zero-order chi connectivity index (χ0) is 28.3. The van der Waals surface area contributed by atoms with Gasteiger partial charge >= 0.3 is 0 Å². The summed E-state index contributed by atoms with van der Waals surface area (Å²) in [5.74, 6) is -1.40. The van der Waals surface area contributed by atoms with E-state index >= 15 is 0 Å². The standard InChI is InChI=1S/C31H29F2N3O3/c1-19(2)36-26(18-37)28(21-7-11-23(32)12-8-21)29(22-9-13-24(33)14-10-22)30(36)31(39)34-25-15-5-20(6-16-25)17-27(38)35(3)4/h5-16,18-19H,17H2,1-4H3,(H,34,39). The normalized spacial score (nSPS) is 10.9. The Morgan fingerprint density at radius 3 is 1.82 bits per heavy atom. The van der Waals surface area contributed by atoms with E-state index in [9.17, 15) is 23.2 Å². The number of rotatable bonds is 8. The molecule has 1 N–H and O–H groups in total. The summed E-state index contributed by atoms with van der Waals surface area (Å²) in [4.78, 5) is 39.9. The van der Waals surface area contributed by atoms with Crippen molar-refractivity contribution in [1.82, 2.24) is 9.47 Å². The summed E-state index contributed by atoms with van der Waals surface area (Å²) in [5.41, 5.74) is 3.71. The maximum absolute atomic E-state index is 13.9. The summed E-state index contributed by atoms with van der Waals surface area (Å²) in [5, 5.41) is 2.90. The molecule has 0 saturated heterocycles. The first-order valence-corrected chi connectivity index (χ1v) is 12.5. The lowest BCUT2D eigenvalue weighted by molar-refractivity contribution is -0.127. The molecule has 0 radical (unpaired) electrons.